The summed E-state index contributed by atoms with van der Waals surface area (Å²) >= 11 is 0. The first-order valence-corrected chi connectivity index (χ1v) is 9.51. The van der Waals surface area contributed by atoms with E-state index in [1.54, 1.807) is 6.07 Å². The van der Waals surface area contributed by atoms with Crippen LogP contribution in [0.4, 0.5) is 23.7 Å². The Hall–Kier alpha value is -4.02. The van der Waals surface area contributed by atoms with Crippen molar-refractivity contribution in [3.63, 3.8) is 0 Å². The van der Waals surface area contributed by atoms with Crippen molar-refractivity contribution in [2.45, 2.75) is 18.8 Å². The quantitative estimate of drug-likeness (QED) is 0.557. The molecular formula is C21H17F3N4O4. The number of benzene rings is 2. The number of carbonyl (C=O) groups is 2. The van der Waals surface area contributed by atoms with Crippen molar-refractivity contribution >= 4 is 17.7 Å². The molecule has 2 heterocycles. The standard InChI is InChI=1S/C21H17F3N4O4/c22-21(23,24)32-16-8-4-2-6-13(16)18-17-15(25-11-26-17)9-10-28(18)20(31)27-14-7-3-1-5-12(14)19(29)30/h1-8,11,18H,9-10H2,(H,25,26)(H,27,31)(H,29,30). The van der Waals surface area contributed by atoms with Gasteiger partial charge in [0, 0.05) is 24.2 Å². The Morgan fingerprint density at radius 2 is 1.88 bits per heavy atom. The Bertz CT molecular complexity index is 1160. The molecule has 3 N–H and O–H groups in total. The lowest BCUT2D eigenvalue weighted by molar-refractivity contribution is -0.275. The maximum atomic E-state index is 13.2. The first-order valence-electron chi connectivity index (χ1n) is 9.51. The lowest BCUT2D eigenvalue weighted by Gasteiger charge is -2.36. The molecule has 2 amide bonds. The van der Waals surface area contributed by atoms with Crippen LogP contribution in [0.25, 0.3) is 0 Å². The molecule has 1 aliphatic heterocycles. The number of anilines is 1. The molecule has 0 fully saturated rings. The Kier molecular flexibility index (Phi) is 5.47. The van der Waals surface area contributed by atoms with Gasteiger partial charge in [0.25, 0.3) is 0 Å². The third-order valence-electron chi connectivity index (χ3n) is 5.02. The first kappa shape index (κ1) is 21.2. The number of carbonyl (C=O) groups excluding carboxylic acids is 1. The second-order valence-corrected chi connectivity index (χ2v) is 6.98. The molecule has 166 valence electrons. The number of alkyl halides is 3. The van der Waals surface area contributed by atoms with Crippen LogP contribution in [0.5, 0.6) is 5.75 Å². The number of hydrogen-bond acceptors (Lipinski definition) is 4. The van der Waals surface area contributed by atoms with Gasteiger partial charge >= 0.3 is 18.4 Å². The molecule has 0 saturated carbocycles. The van der Waals surface area contributed by atoms with Crippen molar-refractivity contribution in [2.75, 3.05) is 11.9 Å². The lowest BCUT2D eigenvalue weighted by Crippen LogP contribution is -2.43. The Labute approximate surface area is 179 Å². The molecule has 4 rings (SSSR count). The second kappa shape index (κ2) is 8.25. The van der Waals surface area contributed by atoms with E-state index < -0.39 is 30.2 Å². The molecule has 1 atom stereocenters. The lowest BCUT2D eigenvalue weighted by atomic mass is 9.95. The van der Waals surface area contributed by atoms with Gasteiger partial charge in [0.05, 0.1) is 23.3 Å². The number of H-pyrrole nitrogens is 1. The number of ether oxygens (including phenoxy) is 1. The number of amides is 2. The molecule has 8 nitrogen and oxygen atoms in total. The van der Waals surface area contributed by atoms with Gasteiger partial charge in [0.15, 0.2) is 0 Å². The molecule has 2 aromatic carbocycles. The van der Waals surface area contributed by atoms with E-state index in [0.29, 0.717) is 17.8 Å². The molecule has 0 radical (unpaired) electrons. The van der Waals surface area contributed by atoms with Crippen LogP contribution in [0.15, 0.2) is 54.9 Å². The normalized spacial score (nSPS) is 15.7. The number of imidazole rings is 1. The topological polar surface area (TPSA) is 108 Å². The minimum atomic E-state index is -4.92. The number of carboxylic acids is 1. The molecule has 1 aliphatic rings. The number of nitrogens with one attached hydrogen (secondary N) is 2. The van der Waals surface area contributed by atoms with E-state index in [4.69, 9.17) is 0 Å². The molecule has 11 heteroatoms. The highest BCUT2D eigenvalue weighted by Gasteiger charge is 2.38. The van der Waals surface area contributed by atoms with Crippen LogP contribution in [0.1, 0.15) is 33.4 Å². The molecule has 1 aromatic heterocycles. The molecule has 0 spiro atoms. The van der Waals surface area contributed by atoms with Crippen LogP contribution in [-0.2, 0) is 6.42 Å². The van der Waals surface area contributed by atoms with Crippen LogP contribution < -0.4 is 10.1 Å². The fourth-order valence-electron chi connectivity index (χ4n) is 3.70. The fourth-order valence-corrected chi connectivity index (χ4v) is 3.70. The summed E-state index contributed by atoms with van der Waals surface area (Å²) in [6, 6.07) is 9.71. The average molecular weight is 446 g/mol. The highest BCUT2D eigenvalue weighted by Crippen LogP contribution is 2.39. The van der Waals surface area contributed by atoms with Crippen molar-refractivity contribution in [1.29, 1.82) is 0 Å². The van der Waals surface area contributed by atoms with Crippen LogP contribution in [-0.4, -0.2) is 44.9 Å². The van der Waals surface area contributed by atoms with Gasteiger partial charge in [-0.05, 0) is 18.2 Å². The summed E-state index contributed by atoms with van der Waals surface area (Å²) in [4.78, 5) is 33.1. The van der Waals surface area contributed by atoms with Gasteiger partial charge in [-0.25, -0.2) is 14.6 Å². The van der Waals surface area contributed by atoms with E-state index in [2.05, 4.69) is 20.0 Å². The summed E-state index contributed by atoms with van der Waals surface area (Å²) < 4.78 is 43.2. The highest BCUT2D eigenvalue weighted by atomic mass is 19.4. The van der Waals surface area contributed by atoms with E-state index in [1.165, 1.54) is 53.7 Å². The van der Waals surface area contributed by atoms with Crippen molar-refractivity contribution in [3.8, 4) is 5.75 Å². The number of fused-ring (bicyclic) bond motifs is 1. The molecule has 32 heavy (non-hydrogen) atoms. The summed E-state index contributed by atoms with van der Waals surface area (Å²) in [7, 11) is 0. The third kappa shape index (κ3) is 4.22. The number of nitrogens with zero attached hydrogens (tertiary/aromatic N) is 2. The van der Waals surface area contributed by atoms with E-state index in [9.17, 15) is 27.9 Å². The van der Waals surface area contributed by atoms with Gasteiger partial charge in [-0.3, -0.25) is 0 Å². The van der Waals surface area contributed by atoms with Gasteiger partial charge in [-0.15, -0.1) is 13.2 Å². The molecule has 0 aliphatic carbocycles. The molecular weight excluding hydrogens is 429 g/mol. The van der Waals surface area contributed by atoms with E-state index in [0.717, 1.165) is 0 Å². The number of rotatable bonds is 4. The van der Waals surface area contributed by atoms with Crippen molar-refractivity contribution in [3.05, 3.63) is 77.4 Å². The smallest absolute Gasteiger partial charge is 0.478 e. The number of para-hydroxylation sites is 2. The SMILES string of the molecule is O=C(O)c1ccccc1NC(=O)N1CCc2[nH]cnc2C1c1ccccc1OC(F)(F)F. The van der Waals surface area contributed by atoms with Crippen LogP contribution >= 0.6 is 0 Å². The number of hydrogen-bond donors (Lipinski definition) is 3. The zero-order valence-electron chi connectivity index (χ0n) is 16.4. The minimum absolute atomic E-state index is 0.0661. The van der Waals surface area contributed by atoms with Crippen LogP contribution in [0.3, 0.4) is 0 Å². The summed E-state index contributed by atoms with van der Waals surface area (Å²) in [6.07, 6.45) is -3.12. The Morgan fingerprint density at radius 1 is 1.16 bits per heavy atom. The third-order valence-corrected chi connectivity index (χ3v) is 5.02. The van der Waals surface area contributed by atoms with Gasteiger partial charge in [-0.2, -0.15) is 0 Å². The van der Waals surface area contributed by atoms with Crippen LogP contribution in [0.2, 0.25) is 0 Å². The summed E-state index contributed by atoms with van der Waals surface area (Å²) in [6.45, 7) is 0.154. The summed E-state index contributed by atoms with van der Waals surface area (Å²) in [5, 5.41) is 11.9. The monoisotopic (exact) mass is 446 g/mol. The van der Waals surface area contributed by atoms with Crippen molar-refractivity contribution in [1.82, 2.24) is 14.9 Å². The van der Waals surface area contributed by atoms with Crippen molar-refractivity contribution in [2.24, 2.45) is 0 Å². The van der Waals surface area contributed by atoms with Gasteiger partial charge in [0.2, 0.25) is 0 Å². The molecule has 0 bridgehead atoms. The van der Waals surface area contributed by atoms with Gasteiger partial charge in [0.1, 0.15) is 11.8 Å². The zero-order valence-corrected chi connectivity index (χ0v) is 16.4. The fraction of sp³-hybridized carbons (Fsp3) is 0.190. The van der Waals surface area contributed by atoms with Gasteiger partial charge in [-0.1, -0.05) is 30.3 Å². The van der Waals surface area contributed by atoms with Crippen molar-refractivity contribution < 1.29 is 32.6 Å². The van der Waals surface area contributed by atoms with E-state index in [1.807, 2.05) is 0 Å². The highest BCUT2D eigenvalue weighted by molar-refractivity contribution is 6.00. The first-order chi connectivity index (χ1) is 15.2. The number of urea groups is 1. The average Bonchev–Trinajstić information content (AvgIpc) is 3.21. The minimum Gasteiger partial charge on any atom is -0.478 e. The Morgan fingerprint density at radius 3 is 2.62 bits per heavy atom. The summed E-state index contributed by atoms with van der Waals surface area (Å²) in [5.74, 6) is -1.68. The zero-order chi connectivity index (χ0) is 22.9. The number of aromatic amines is 1. The summed E-state index contributed by atoms with van der Waals surface area (Å²) in [5.41, 5.74) is 1.12. The van der Waals surface area contributed by atoms with E-state index in [-0.39, 0.29) is 23.4 Å². The number of aromatic nitrogens is 2. The molecule has 0 saturated heterocycles. The predicted octanol–water partition coefficient (Wildman–Crippen LogP) is 4.19. The predicted molar refractivity (Wildman–Crippen MR) is 106 cm³/mol. The maximum absolute atomic E-state index is 13.2. The van der Waals surface area contributed by atoms with Crippen LogP contribution in [0, 0.1) is 0 Å². The Balaban J connectivity index is 1.74. The number of aromatic carboxylic acids is 1. The molecule has 3 aromatic rings. The second-order valence-electron chi connectivity index (χ2n) is 6.98. The maximum Gasteiger partial charge on any atom is 0.573 e. The largest absolute Gasteiger partial charge is 0.573 e. The number of carboxylic acid groups (broad SMARTS) is 1. The molecule has 1 unspecified atom stereocenters. The number of halogens is 3. The van der Waals surface area contributed by atoms with E-state index >= 15 is 0 Å². The van der Waals surface area contributed by atoms with Gasteiger partial charge < -0.3 is 25.0 Å².